The molecule has 1 aromatic heterocycles. The van der Waals surface area contributed by atoms with Gasteiger partial charge in [-0.05, 0) is 56.1 Å². The first kappa shape index (κ1) is 21.7. The fourth-order valence-corrected chi connectivity index (χ4v) is 3.05. The van der Waals surface area contributed by atoms with Gasteiger partial charge in [0.2, 0.25) is 0 Å². The molecule has 0 aliphatic rings. The molecule has 1 aromatic carbocycles. The second-order valence-corrected chi connectivity index (χ2v) is 6.83. The number of carbonyl (C=O) groups is 1. The minimum atomic E-state index is -0.251. The van der Waals surface area contributed by atoms with E-state index in [9.17, 15) is 10.0 Å². The maximum atomic E-state index is 12.0. The number of nitrogens with one attached hydrogen (secondary N) is 1. The number of benzene rings is 1. The Kier molecular flexibility index (Phi) is 9.28. The number of carbonyl (C=O) groups excluding carboxylic acids is 1. The van der Waals surface area contributed by atoms with Crippen molar-refractivity contribution < 1.29 is 14.3 Å². The Hall–Kier alpha value is -2.60. The summed E-state index contributed by atoms with van der Waals surface area (Å²) in [4.78, 5) is 14.4. The molecule has 1 amide bonds. The molecule has 0 atom stereocenters. The molecule has 0 aliphatic carbocycles. The molecule has 6 nitrogen and oxygen atoms in total. The third-order valence-electron chi connectivity index (χ3n) is 4.30. The number of rotatable bonds is 12. The van der Waals surface area contributed by atoms with Crippen molar-refractivity contribution >= 4 is 5.91 Å². The molecule has 1 heterocycles. The molecule has 1 N–H and O–H groups in total. The summed E-state index contributed by atoms with van der Waals surface area (Å²) in [6, 6.07) is 11.4. The summed E-state index contributed by atoms with van der Waals surface area (Å²) in [5, 5.41) is 14.0. The molecule has 0 saturated carbocycles. The van der Waals surface area contributed by atoms with Gasteiger partial charge >= 0.3 is 0 Å². The topological polar surface area (TPSA) is 68.5 Å². The van der Waals surface area contributed by atoms with Crippen LogP contribution in [-0.2, 0) is 6.54 Å². The van der Waals surface area contributed by atoms with Crippen LogP contribution < -0.4 is 14.8 Å². The zero-order chi connectivity index (χ0) is 20.2. The van der Waals surface area contributed by atoms with Gasteiger partial charge in [-0.3, -0.25) is 9.69 Å². The van der Waals surface area contributed by atoms with Gasteiger partial charge in [0, 0.05) is 19.2 Å². The summed E-state index contributed by atoms with van der Waals surface area (Å²) in [7, 11) is 0. The molecular formula is C22H31N3O3. The van der Waals surface area contributed by atoms with E-state index in [0.717, 1.165) is 38.2 Å². The molecule has 0 unspecified atom stereocenters. The fourth-order valence-electron chi connectivity index (χ4n) is 3.05. The molecular weight excluding hydrogens is 354 g/mol. The fraction of sp³-hybridized carbons (Fsp3) is 0.455. The summed E-state index contributed by atoms with van der Waals surface area (Å²) in [6.45, 7) is 8.57. The quantitative estimate of drug-likeness (QED) is 0.346. The highest BCUT2D eigenvalue weighted by Gasteiger charge is 2.08. The van der Waals surface area contributed by atoms with Crippen molar-refractivity contribution in [2.24, 2.45) is 0 Å². The van der Waals surface area contributed by atoms with Gasteiger partial charge in [0.15, 0.2) is 12.4 Å². The maximum absolute atomic E-state index is 12.0. The standard InChI is InChI=1S/C22H31N3O3/c1-3-12-24(13-4-2)17-19-8-5-10-21(16-19)28-15-7-11-23-22(26)20-9-6-14-25(27)18-20/h5-6,8-10,14,16,18H,3-4,7,11-13,15,17H2,1-2H3,(H,23,26). The van der Waals surface area contributed by atoms with Gasteiger partial charge in [-0.2, -0.15) is 4.73 Å². The van der Waals surface area contributed by atoms with Crippen LogP contribution in [0.5, 0.6) is 5.75 Å². The van der Waals surface area contributed by atoms with Gasteiger partial charge in [0.05, 0.1) is 6.61 Å². The van der Waals surface area contributed by atoms with Gasteiger partial charge in [-0.1, -0.05) is 26.0 Å². The minimum absolute atomic E-state index is 0.251. The Morgan fingerprint density at radius 2 is 1.96 bits per heavy atom. The minimum Gasteiger partial charge on any atom is -0.619 e. The second-order valence-electron chi connectivity index (χ2n) is 6.83. The van der Waals surface area contributed by atoms with Gasteiger partial charge < -0.3 is 15.3 Å². The van der Waals surface area contributed by atoms with E-state index in [1.807, 2.05) is 12.1 Å². The Bertz CT molecular complexity index is 730. The van der Waals surface area contributed by atoms with Crippen molar-refractivity contribution in [3.05, 3.63) is 65.1 Å². The summed E-state index contributed by atoms with van der Waals surface area (Å²) < 4.78 is 6.45. The number of ether oxygens (including phenoxy) is 1. The van der Waals surface area contributed by atoms with E-state index in [4.69, 9.17) is 4.74 Å². The highest BCUT2D eigenvalue weighted by molar-refractivity contribution is 5.93. The molecule has 152 valence electrons. The highest BCUT2D eigenvalue weighted by Crippen LogP contribution is 2.15. The molecule has 0 spiro atoms. The van der Waals surface area contributed by atoms with Crippen molar-refractivity contribution in [1.29, 1.82) is 0 Å². The SMILES string of the molecule is CCCN(CCC)Cc1cccc(OCCCNC(=O)c2ccc[n+]([O-])c2)c1. The van der Waals surface area contributed by atoms with Crippen LogP contribution in [0.15, 0.2) is 48.8 Å². The van der Waals surface area contributed by atoms with Crippen LogP contribution in [0.2, 0.25) is 0 Å². The number of nitrogens with zero attached hydrogens (tertiary/aromatic N) is 2. The van der Waals surface area contributed by atoms with Gasteiger partial charge in [-0.25, -0.2) is 0 Å². The van der Waals surface area contributed by atoms with Crippen LogP contribution in [-0.4, -0.2) is 37.0 Å². The zero-order valence-corrected chi connectivity index (χ0v) is 16.9. The van der Waals surface area contributed by atoms with Crippen LogP contribution in [0.4, 0.5) is 0 Å². The predicted molar refractivity (Wildman–Crippen MR) is 110 cm³/mol. The number of hydrogen-bond acceptors (Lipinski definition) is 4. The van der Waals surface area contributed by atoms with Crippen LogP contribution in [0.3, 0.4) is 0 Å². The lowest BCUT2D eigenvalue weighted by Gasteiger charge is -2.21. The largest absolute Gasteiger partial charge is 0.619 e. The summed E-state index contributed by atoms with van der Waals surface area (Å²) in [5.74, 6) is 0.603. The molecule has 0 saturated heterocycles. The average Bonchev–Trinajstić information content (AvgIpc) is 2.68. The van der Waals surface area contributed by atoms with Crippen LogP contribution in [0, 0.1) is 5.21 Å². The van der Waals surface area contributed by atoms with Crippen LogP contribution in [0.25, 0.3) is 0 Å². The Morgan fingerprint density at radius 1 is 1.18 bits per heavy atom. The lowest BCUT2D eigenvalue weighted by atomic mass is 10.2. The van der Waals surface area contributed by atoms with Crippen LogP contribution in [0.1, 0.15) is 49.0 Å². The van der Waals surface area contributed by atoms with Crippen LogP contribution >= 0.6 is 0 Å². The predicted octanol–water partition coefficient (Wildman–Crippen LogP) is 3.14. The highest BCUT2D eigenvalue weighted by atomic mass is 16.5. The lowest BCUT2D eigenvalue weighted by molar-refractivity contribution is -0.605. The third kappa shape index (κ3) is 7.56. The summed E-state index contributed by atoms with van der Waals surface area (Å²) >= 11 is 0. The maximum Gasteiger partial charge on any atom is 0.257 e. The van der Waals surface area contributed by atoms with Gasteiger partial charge in [-0.15, -0.1) is 0 Å². The Labute approximate surface area is 167 Å². The van der Waals surface area contributed by atoms with E-state index < -0.39 is 0 Å². The summed E-state index contributed by atoms with van der Waals surface area (Å²) in [6.07, 6.45) is 5.61. The number of hydrogen-bond donors (Lipinski definition) is 1. The lowest BCUT2D eigenvalue weighted by Crippen LogP contribution is -2.30. The smallest absolute Gasteiger partial charge is 0.257 e. The molecule has 0 aliphatic heterocycles. The molecule has 0 bridgehead atoms. The number of amides is 1. The first-order valence-corrected chi connectivity index (χ1v) is 10.0. The second kappa shape index (κ2) is 12.0. The summed E-state index contributed by atoms with van der Waals surface area (Å²) in [5.41, 5.74) is 1.61. The normalized spacial score (nSPS) is 10.8. The van der Waals surface area contributed by atoms with E-state index in [-0.39, 0.29) is 5.91 Å². The Morgan fingerprint density at radius 3 is 2.68 bits per heavy atom. The molecule has 2 aromatic rings. The third-order valence-corrected chi connectivity index (χ3v) is 4.30. The zero-order valence-electron chi connectivity index (χ0n) is 16.9. The van der Waals surface area contributed by atoms with E-state index in [1.165, 1.54) is 18.0 Å². The average molecular weight is 386 g/mol. The number of pyridine rings is 1. The van der Waals surface area contributed by atoms with Crippen molar-refractivity contribution in [2.75, 3.05) is 26.2 Å². The monoisotopic (exact) mass is 385 g/mol. The van der Waals surface area contributed by atoms with Crippen molar-refractivity contribution in [3.63, 3.8) is 0 Å². The molecule has 28 heavy (non-hydrogen) atoms. The van der Waals surface area contributed by atoms with Crippen molar-refractivity contribution in [2.45, 2.75) is 39.7 Å². The van der Waals surface area contributed by atoms with E-state index >= 15 is 0 Å². The van der Waals surface area contributed by atoms with Crippen molar-refractivity contribution in [3.8, 4) is 5.75 Å². The van der Waals surface area contributed by atoms with Gasteiger partial charge in [0.25, 0.3) is 5.91 Å². The molecule has 0 radical (unpaired) electrons. The number of aromatic nitrogens is 1. The van der Waals surface area contributed by atoms with E-state index in [0.29, 0.717) is 29.9 Å². The first-order valence-electron chi connectivity index (χ1n) is 10.0. The molecule has 0 fully saturated rings. The van der Waals surface area contributed by atoms with Gasteiger partial charge in [0.1, 0.15) is 11.3 Å². The molecule has 2 rings (SSSR count). The first-order chi connectivity index (χ1) is 13.6. The Balaban J connectivity index is 1.73. The van der Waals surface area contributed by atoms with E-state index in [1.54, 1.807) is 12.1 Å². The molecule has 6 heteroatoms. The van der Waals surface area contributed by atoms with Crippen molar-refractivity contribution in [1.82, 2.24) is 10.2 Å². The van der Waals surface area contributed by atoms with E-state index in [2.05, 4.69) is 36.2 Å².